The molecule has 0 aliphatic rings. The van der Waals surface area contributed by atoms with Gasteiger partial charge < -0.3 is 9.64 Å². The third-order valence-electron chi connectivity index (χ3n) is 1.17. The first-order chi connectivity index (χ1) is 5.13. The summed E-state index contributed by atoms with van der Waals surface area (Å²) < 4.78 is 4.75. The molecule has 0 aromatic carbocycles. The van der Waals surface area contributed by atoms with E-state index in [0.717, 1.165) is 0 Å². The van der Waals surface area contributed by atoms with Gasteiger partial charge in [-0.15, -0.1) is 0 Å². The van der Waals surface area contributed by atoms with E-state index in [2.05, 4.69) is 0 Å². The van der Waals surface area contributed by atoms with Crippen LogP contribution in [0.4, 0.5) is 0 Å². The maximum atomic E-state index is 11.0. The molecule has 0 heterocycles. The Hall–Kier alpha value is 0.01000. The van der Waals surface area contributed by atoms with E-state index in [0.29, 0.717) is 6.54 Å². The van der Waals surface area contributed by atoms with Crippen LogP contribution in [0, 0.1) is 0 Å². The van der Waals surface area contributed by atoms with Crippen molar-refractivity contribution in [1.29, 1.82) is 0 Å². The van der Waals surface area contributed by atoms with Crippen molar-refractivity contribution in [1.82, 2.24) is 4.90 Å². The van der Waals surface area contributed by atoms with Crippen molar-refractivity contribution >= 4 is 29.1 Å². The third-order valence-corrected chi connectivity index (χ3v) is 1.54. The molecule has 0 radical (unpaired) electrons. The van der Waals surface area contributed by atoms with Gasteiger partial charge in [0.05, 0.1) is 0 Å². The number of carbonyl (C=O) groups excluding carboxylic acids is 1. The summed E-state index contributed by atoms with van der Waals surface area (Å²) in [5.74, 6) is -0.322. The smallest absolute Gasteiger partial charge is 0.257 e. The van der Waals surface area contributed by atoms with Crippen molar-refractivity contribution in [3.8, 4) is 0 Å². The van der Waals surface area contributed by atoms with Crippen LogP contribution in [-0.2, 0) is 9.53 Å². The molecule has 0 spiro atoms. The Bertz CT molecular complexity index is 130. The van der Waals surface area contributed by atoms with Gasteiger partial charge in [0, 0.05) is 13.7 Å². The Labute approximate surface area is 76.2 Å². The van der Waals surface area contributed by atoms with Crippen LogP contribution in [0.1, 0.15) is 6.92 Å². The van der Waals surface area contributed by atoms with Crippen LogP contribution in [-0.4, -0.2) is 36.0 Å². The van der Waals surface area contributed by atoms with Crippen LogP contribution in [0.15, 0.2) is 0 Å². The normalized spacial score (nSPS) is 10.3. The van der Waals surface area contributed by atoms with Gasteiger partial charge in [-0.25, -0.2) is 0 Å². The van der Waals surface area contributed by atoms with Gasteiger partial charge in [-0.1, -0.05) is 23.2 Å². The number of alkyl halides is 2. The lowest BCUT2D eigenvalue weighted by Crippen LogP contribution is -2.36. The lowest BCUT2D eigenvalue weighted by Gasteiger charge is -2.19. The summed E-state index contributed by atoms with van der Waals surface area (Å²) in [6, 6.07) is 0. The van der Waals surface area contributed by atoms with Crippen LogP contribution in [0.5, 0.6) is 0 Å². The van der Waals surface area contributed by atoms with E-state index in [9.17, 15) is 4.79 Å². The van der Waals surface area contributed by atoms with E-state index in [1.165, 1.54) is 12.0 Å². The molecule has 0 aromatic heterocycles. The molecule has 0 aliphatic carbocycles. The molecule has 0 rings (SSSR count). The highest BCUT2D eigenvalue weighted by molar-refractivity contribution is 6.53. The van der Waals surface area contributed by atoms with Gasteiger partial charge in [-0.3, -0.25) is 4.79 Å². The quantitative estimate of drug-likeness (QED) is 0.504. The van der Waals surface area contributed by atoms with Crippen molar-refractivity contribution in [3.05, 3.63) is 0 Å². The Balaban J connectivity index is 3.92. The summed E-state index contributed by atoms with van der Waals surface area (Å²) in [6.07, 6.45) is 0. The van der Waals surface area contributed by atoms with Crippen LogP contribution in [0.25, 0.3) is 0 Å². The number of nitrogens with zero attached hydrogens (tertiary/aromatic N) is 1. The van der Waals surface area contributed by atoms with E-state index in [1.54, 1.807) is 0 Å². The molecule has 5 heteroatoms. The fraction of sp³-hybridized carbons (Fsp3) is 0.833. The zero-order chi connectivity index (χ0) is 8.85. The van der Waals surface area contributed by atoms with Gasteiger partial charge >= 0.3 is 0 Å². The average Bonchev–Trinajstić information content (AvgIpc) is 1.98. The third kappa shape index (κ3) is 3.79. The maximum absolute atomic E-state index is 11.0. The minimum Gasteiger partial charge on any atom is -0.364 e. The summed E-state index contributed by atoms with van der Waals surface area (Å²) in [7, 11) is 1.51. The number of methoxy groups -OCH3 is 1. The van der Waals surface area contributed by atoms with E-state index < -0.39 is 4.84 Å². The van der Waals surface area contributed by atoms with Gasteiger partial charge in [0.2, 0.25) is 0 Å². The predicted molar refractivity (Wildman–Crippen MR) is 44.8 cm³/mol. The average molecular weight is 200 g/mol. The van der Waals surface area contributed by atoms with Gasteiger partial charge in [0.25, 0.3) is 5.91 Å². The van der Waals surface area contributed by atoms with Crippen molar-refractivity contribution in [3.63, 3.8) is 0 Å². The lowest BCUT2D eigenvalue weighted by atomic mass is 10.5. The second-order valence-electron chi connectivity index (χ2n) is 1.91. The molecule has 0 N–H and O–H groups in total. The summed E-state index contributed by atoms with van der Waals surface area (Å²) in [5, 5.41) is 0. The van der Waals surface area contributed by atoms with Gasteiger partial charge in [-0.05, 0) is 6.92 Å². The SMILES string of the molecule is CCN(COC)C(=O)C(Cl)Cl. The Morgan fingerprint density at radius 1 is 1.64 bits per heavy atom. The van der Waals surface area contributed by atoms with Gasteiger partial charge in [0.1, 0.15) is 6.73 Å². The molecule has 1 amide bonds. The van der Waals surface area contributed by atoms with Gasteiger partial charge in [-0.2, -0.15) is 0 Å². The Kier molecular flexibility index (Phi) is 5.64. The minimum absolute atomic E-state index is 0.227. The molecule has 0 fully saturated rings. The largest absolute Gasteiger partial charge is 0.364 e. The molecule has 0 bridgehead atoms. The summed E-state index contributed by atoms with van der Waals surface area (Å²) in [6.45, 7) is 2.60. The van der Waals surface area contributed by atoms with E-state index in [-0.39, 0.29) is 12.6 Å². The van der Waals surface area contributed by atoms with E-state index >= 15 is 0 Å². The topological polar surface area (TPSA) is 29.5 Å². The standard InChI is InChI=1S/C6H11Cl2NO2/c1-3-9(4-11-2)6(10)5(7)8/h5H,3-4H2,1-2H3. The molecule has 0 saturated carbocycles. The molecule has 0 atom stereocenters. The maximum Gasteiger partial charge on any atom is 0.257 e. The van der Waals surface area contributed by atoms with Crippen molar-refractivity contribution in [2.75, 3.05) is 20.4 Å². The Morgan fingerprint density at radius 2 is 2.18 bits per heavy atom. The van der Waals surface area contributed by atoms with Crippen LogP contribution >= 0.6 is 23.2 Å². The number of carbonyl (C=O) groups is 1. The second kappa shape index (κ2) is 5.63. The number of ether oxygens (including phenoxy) is 1. The molecule has 0 aliphatic heterocycles. The molecule has 66 valence electrons. The monoisotopic (exact) mass is 199 g/mol. The van der Waals surface area contributed by atoms with Gasteiger partial charge in [0.15, 0.2) is 4.84 Å². The number of rotatable bonds is 4. The zero-order valence-corrected chi connectivity index (χ0v) is 8.02. The minimum atomic E-state index is -0.995. The molecule has 0 unspecified atom stereocenters. The van der Waals surface area contributed by atoms with Crippen molar-refractivity contribution in [2.24, 2.45) is 0 Å². The zero-order valence-electron chi connectivity index (χ0n) is 6.51. The number of hydrogen-bond donors (Lipinski definition) is 0. The predicted octanol–water partition coefficient (Wildman–Crippen LogP) is 1.24. The summed E-state index contributed by atoms with van der Waals surface area (Å²) in [5.41, 5.74) is 0. The lowest BCUT2D eigenvalue weighted by molar-refractivity contribution is -0.133. The molecular formula is C6H11Cl2NO2. The highest BCUT2D eigenvalue weighted by Crippen LogP contribution is 2.06. The first-order valence-electron chi connectivity index (χ1n) is 3.19. The van der Waals surface area contributed by atoms with Crippen molar-refractivity contribution in [2.45, 2.75) is 11.8 Å². The second-order valence-corrected chi connectivity index (χ2v) is 3.01. The first kappa shape index (κ1) is 11.0. The van der Waals surface area contributed by atoms with E-state index in [1.807, 2.05) is 6.92 Å². The Morgan fingerprint density at radius 3 is 2.45 bits per heavy atom. The molecule has 11 heavy (non-hydrogen) atoms. The van der Waals surface area contributed by atoms with Crippen LogP contribution in [0.3, 0.4) is 0 Å². The van der Waals surface area contributed by atoms with Crippen LogP contribution < -0.4 is 0 Å². The first-order valence-corrected chi connectivity index (χ1v) is 4.06. The highest BCUT2D eigenvalue weighted by Gasteiger charge is 2.17. The molecule has 0 aromatic rings. The number of amides is 1. The number of hydrogen-bond acceptors (Lipinski definition) is 2. The van der Waals surface area contributed by atoms with Crippen molar-refractivity contribution < 1.29 is 9.53 Å². The van der Waals surface area contributed by atoms with E-state index in [4.69, 9.17) is 27.9 Å². The highest BCUT2D eigenvalue weighted by atomic mass is 35.5. The fourth-order valence-corrected chi connectivity index (χ4v) is 0.881. The number of halogens is 2. The summed E-state index contributed by atoms with van der Waals surface area (Å²) >= 11 is 10.7. The molecule has 0 saturated heterocycles. The van der Waals surface area contributed by atoms with Crippen LogP contribution in [0.2, 0.25) is 0 Å². The molecule has 3 nitrogen and oxygen atoms in total. The molecular weight excluding hydrogens is 189 g/mol. The fourth-order valence-electron chi connectivity index (χ4n) is 0.605. The summed E-state index contributed by atoms with van der Waals surface area (Å²) in [4.78, 5) is 11.5.